The molecule has 1 amide bonds. The fourth-order valence-corrected chi connectivity index (χ4v) is 3.43. The van der Waals surface area contributed by atoms with E-state index in [1.165, 1.54) is 5.01 Å². The molecule has 4 atom stereocenters. The average molecular weight is 341 g/mol. The van der Waals surface area contributed by atoms with Gasteiger partial charge in [-0.2, -0.15) is 5.26 Å². The number of aliphatic hydroxyl groups is 1. The predicted octanol–water partition coefficient (Wildman–Crippen LogP) is 1.57. The fraction of sp³-hybridized carbons (Fsp3) is 0.500. The Morgan fingerprint density at radius 3 is 2.92 bits per heavy atom. The molecular formula is C18H19N3O4. The first-order valence-electron chi connectivity index (χ1n) is 8.25. The van der Waals surface area contributed by atoms with E-state index in [2.05, 4.69) is 11.2 Å². The molecule has 0 unspecified atom stereocenters. The van der Waals surface area contributed by atoms with Crippen molar-refractivity contribution in [1.29, 1.82) is 5.26 Å². The molecule has 0 saturated heterocycles. The SMILES string of the molecule is CN1N=C(O[C@@H]2c3cc(C#N)ccc3OC(C)(C)[C@H]2O)[C@@H]2C[C@@H]2C1=O. The van der Waals surface area contributed by atoms with Crippen LogP contribution in [0.15, 0.2) is 23.3 Å². The Morgan fingerprint density at radius 1 is 1.44 bits per heavy atom. The van der Waals surface area contributed by atoms with E-state index in [1.807, 2.05) is 0 Å². The van der Waals surface area contributed by atoms with Gasteiger partial charge in [0, 0.05) is 18.5 Å². The van der Waals surface area contributed by atoms with Crippen LogP contribution < -0.4 is 4.74 Å². The van der Waals surface area contributed by atoms with E-state index >= 15 is 0 Å². The molecule has 3 aliphatic rings. The highest BCUT2D eigenvalue weighted by Gasteiger charge is 2.54. The summed E-state index contributed by atoms with van der Waals surface area (Å²) in [7, 11) is 1.60. The third kappa shape index (κ3) is 2.45. The van der Waals surface area contributed by atoms with E-state index in [4.69, 9.17) is 14.7 Å². The first-order valence-corrected chi connectivity index (χ1v) is 8.25. The number of hydrogen-bond acceptors (Lipinski definition) is 6. The molecule has 130 valence electrons. The van der Waals surface area contributed by atoms with Gasteiger partial charge in [0.2, 0.25) is 11.8 Å². The minimum atomic E-state index is -0.947. The van der Waals surface area contributed by atoms with Crippen molar-refractivity contribution in [3.05, 3.63) is 29.3 Å². The minimum Gasteiger partial charge on any atom is -0.485 e. The summed E-state index contributed by atoms with van der Waals surface area (Å²) < 4.78 is 12.0. The molecule has 0 bridgehead atoms. The first kappa shape index (κ1) is 15.9. The van der Waals surface area contributed by atoms with E-state index < -0.39 is 17.8 Å². The molecule has 1 fully saturated rings. The third-order valence-electron chi connectivity index (χ3n) is 5.06. The maximum Gasteiger partial charge on any atom is 0.246 e. The molecule has 25 heavy (non-hydrogen) atoms. The summed E-state index contributed by atoms with van der Waals surface area (Å²) in [4.78, 5) is 11.9. The summed E-state index contributed by atoms with van der Waals surface area (Å²) in [6, 6.07) is 7.15. The summed E-state index contributed by atoms with van der Waals surface area (Å²) in [5, 5.41) is 25.5. The molecule has 7 nitrogen and oxygen atoms in total. The number of nitriles is 1. The summed E-state index contributed by atoms with van der Waals surface area (Å²) in [6.07, 6.45) is -0.944. The van der Waals surface area contributed by atoms with Crippen LogP contribution in [-0.4, -0.2) is 40.7 Å². The van der Waals surface area contributed by atoms with Crippen molar-refractivity contribution in [3.8, 4) is 11.8 Å². The van der Waals surface area contributed by atoms with Crippen molar-refractivity contribution in [1.82, 2.24) is 5.01 Å². The van der Waals surface area contributed by atoms with Gasteiger partial charge >= 0.3 is 0 Å². The maximum atomic E-state index is 11.9. The van der Waals surface area contributed by atoms with E-state index in [0.29, 0.717) is 22.8 Å². The zero-order valence-corrected chi connectivity index (χ0v) is 14.3. The molecular weight excluding hydrogens is 322 g/mol. The lowest BCUT2D eigenvalue weighted by Gasteiger charge is -2.42. The van der Waals surface area contributed by atoms with Crippen LogP contribution in [-0.2, 0) is 9.53 Å². The molecule has 0 spiro atoms. The number of carbonyl (C=O) groups excluding carboxylic acids is 1. The Morgan fingerprint density at radius 2 is 2.20 bits per heavy atom. The molecule has 0 radical (unpaired) electrons. The van der Waals surface area contributed by atoms with Crippen LogP contribution in [0.25, 0.3) is 0 Å². The zero-order valence-electron chi connectivity index (χ0n) is 14.3. The number of nitrogens with zero attached hydrogens (tertiary/aromatic N) is 3. The molecule has 1 aromatic rings. The van der Waals surface area contributed by atoms with E-state index in [9.17, 15) is 9.90 Å². The van der Waals surface area contributed by atoms with E-state index in [0.717, 1.165) is 6.42 Å². The standard InChI is InChI=1S/C18H19N3O4/c1-18(2)15(22)14(12-6-9(8-19)4-5-13(12)25-18)24-16-10-7-11(10)17(23)21(3)20-16/h4-6,10-11,14-15,22H,7H2,1-3H3/t10-,11+,14-,15+/m1/s1. The Hall–Kier alpha value is -2.59. The number of carbonyl (C=O) groups is 1. The van der Waals surface area contributed by atoms with Crippen LogP contribution in [0.2, 0.25) is 0 Å². The molecule has 7 heteroatoms. The number of rotatable bonds is 1. The van der Waals surface area contributed by atoms with Gasteiger partial charge in [0.15, 0.2) is 6.10 Å². The van der Waals surface area contributed by atoms with E-state index in [1.54, 1.807) is 39.1 Å². The number of amides is 1. The van der Waals surface area contributed by atoms with Crippen molar-refractivity contribution >= 4 is 11.8 Å². The number of aliphatic hydroxyl groups excluding tert-OH is 1. The van der Waals surface area contributed by atoms with Crippen molar-refractivity contribution in [2.75, 3.05) is 7.05 Å². The van der Waals surface area contributed by atoms with Crippen LogP contribution in [0, 0.1) is 23.2 Å². The van der Waals surface area contributed by atoms with Crippen LogP contribution in [0.3, 0.4) is 0 Å². The second-order valence-corrected chi connectivity index (χ2v) is 7.30. The first-order chi connectivity index (χ1) is 11.8. The highest BCUT2D eigenvalue weighted by Crippen LogP contribution is 2.48. The number of fused-ring (bicyclic) bond motifs is 2. The van der Waals surface area contributed by atoms with Gasteiger partial charge in [0.1, 0.15) is 17.5 Å². The second kappa shape index (κ2) is 5.20. The third-order valence-corrected chi connectivity index (χ3v) is 5.06. The second-order valence-electron chi connectivity index (χ2n) is 7.30. The lowest BCUT2D eigenvalue weighted by molar-refractivity contribution is -0.133. The smallest absolute Gasteiger partial charge is 0.246 e. The van der Waals surface area contributed by atoms with Gasteiger partial charge in [-0.15, -0.1) is 5.10 Å². The average Bonchev–Trinajstić information content (AvgIpc) is 3.37. The van der Waals surface area contributed by atoms with Crippen LogP contribution in [0.5, 0.6) is 5.75 Å². The van der Waals surface area contributed by atoms with Gasteiger partial charge in [0.25, 0.3) is 0 Å². The van der Waals surface area contributed by atoms with Crippen LogP contribution in [0.4, 0.5) is 0 Å². The number of benzene rings is 1. The summed E-state index contributed by atoms with van der Waals surface area (Å²) in [5.41, 5.74) is 0.224. The van der Waals surface area contributed by atoms with Crippen LogP contribution in [0.1, 0.15) is 37.5 Å². The van der Waals surface area contributed by atoms with Crippen molar-refractivity contribution in [2.45, 2.75) is 38.1 Å². The Bertz CT molecular complexity index is 826. The molecule has 1 saturated carbocycles. The normalized spacial score (nSPS) is 31.9. The monoisotopic (exact) mass is 341 g/mol. The summed E-state index contributed by atoms with van der Waals surface area (Å²) in [5.74, 6) is 0.934. The highest BCUT2D eigenvalue weighted by atomic mass is 16.5. The molecule has 0 aromatic heterocycles. The fourth-order valence-electron chi connectivity index (χ4n) is 3.43. The topological polar surface area (TPSA) is 95.2 Å². The van der Waals surface area contributed by atoms with Gasteiger partial charge in [0.05, 0.1) is 17.6 Å². The predicted molar refractivity (Wildman–Crippen MR) is 87.5 cm³/mol. The summed E-state index contributed by atoms with van der Waals surface area (Å²) in [6.45, 7) is 3.57. The molecule has 2 heterocycles. The number of hydrogen-bond donors (Lipinski definition) is 1. The summed E-state index contributed by atoms with van der Waals surface area (Å²) >= 11 is 0. The van der Waals surface area contributed by atoms with Gasteiger partial charge < -0.3 is 14.6 Å². The Balaban J connectivity index is 1.72. The number of ether oxygens (including phenoxy) is 2. The van der Waals surface area contributed by atoms with Crippen molar-refractivity contribution in [2.24, 2.45) is 16.9 Å². The quantitative estimate of drug-likeness (QED) is 0.836. The lowest BCUT2D eigenvalue weighted by Crippen LogP contribution is -2.50. The Labute approximate surface area is 145 Å². The highest BCUT2D eigenvalue weighted by molar-refractivity contribution is 5.96. The van der Waals surface area contributed by atoms with Crippen molar-refractivity contribution < 1.29 is 19.4 Å². The van der Waals surface area contributed by atoms with Gasteiger partial charge in [-0.05, 0) is 38.5 Å². The zero-order chi connectivity index (χ0) is 17.9. The number of hydrazone groups is 1. The molecule has 1 N–H and O–H groups in total. The molecule has 1 aliphatic carbocycles. The van der Waals surface area contributed by atoms with Gasteiger partial charge in [-0.3, -0.25) is 4.79 Å². The maximum absolute atomic E-state index is 11.9. The minimum absolute atomic E-state index is 0.00243. The largest absolute Gasteiger partial charge is 0.485 e. The molecule has 1 aromatic carbocycles. The molecule has 2 aliphatic heterocycles. The van der Waals surface area contributed by atoms with Crippen molar-refractivity contribution in [3.63, 3.8) is 0 Å². The Kier molecular flexibility index (Phi) is 3.31. The van der Waals surface area contributed by atoms with Gasteiger partial charge in [-0.1, -0.05) is 0 Å². The molecule has 4 rings (SSSR count). The van der Waals surface area contributed by atoms with Gasteiger partial charge in [-0.25, -0.2) is 5.01 Å². The van der Waals surface area contributed by atoms with Crippen LogP contribution >= 0.6 is 0 Å². The lowest BCUT2D eigenvalue weighted by atomic mass is 9.87. The van der Waals surface area contributed by atoms with E-state index in [-0.39, 0.29) is 17.7 Å².